The normalized spacial score (nSPS) is 34.2. The molecule has 1 fully saturated rings. The molecule has 0 radical (unpaired) electrons. The van der Waals surface area contributed by atoms with Gasteiger partial charge < -0.3 is 39.4 Å². The first-order valence-corrected chi connectivity index (χ1v) is 7.71. The second-order valence-corrected chi connectivity index (χ2v) is 5.77. The van der Waals surface area contributed by atoms with Gasteiger partial charge in [0.05, 0.1) is 13.7 Å². The summed E-state index contributed by atoms with van der Waals surface area (Å²) in [5.74, 6) is -0.529. The van der Waals surface area contributed by atoms with Crippen LogP contribution >= 0.6 is 0 Å². The molecule has 2 heterocycles. The number of aliphatic hydroxyl groups excluding tert-OH is 4. The molecule has 3 rings (SSSR count). The van der Waals surface area contributed by atoms with Gasteiger partial charge in [0.25, 0.3) is 6.29 Å². The van der Waals surface area contributed by atoms with Crippen LogP contribution in [0.5, 0.6) is 11.5 Å². The van der Waals surface area contributed by atoms with Crippen LogP contribution in [0.3, 0.4) is 0 Å². The first-order valence-electron chi connectivity index (χ1n) is 7.71. The fourth-order valence-electron chi connectivity index (χ4n) is 2.66. The van der Waals surface area contributed by atoms with Crippen molar-refractivity contribution in [2.45, 2.75) is 37.0 Å². The molecular weight excluding hydrogens is 354 g/mol. The van der Waals surface area contributed by atoms with Crippen LogP contribution in [0.1, 0.15) is 0 Å². The summed E-state index contributed by atoms with van der Waals surface area (Å²) in [6.45, 7) is -0.656. The van der Waals surface area contributed by atoms with Gasteiger partial charge in [-0.1, -0.05) is 0 Å². The number of rotatable bonds is 4. The fraction of sp³-hybridized carbons (Fsp3) is 0.533. The summed E-state index contributed by atoms with van der Waals surface area (Å²) in [6, 6.07) is 4.32. The largest absolute Gasteiger partial charge is 0.497 e. The van der Waals surface area contributed by atoms with Crippen LogP contribution in [0, 0.1) is 0 Å². The van der Waals surface area contributed by atoms with Gasteiger partial charge in [0, 0.05) is 6.07 Å². The highest BCUT2D eigenvalue weighted by atomic mass is 16.8. The van der Waals surface area contributed by atoms with Crippen molar-refractivity contribution < 1.29 is 49.4 Å². The molecule has 0 unspecified atom stereocenters. The Hall–Kier alpha value is -1.99. The Kier molecular flexibility index (Phi) is 5.29. The molecule has 1 saturated heterocycles. The highest BCUT2D eigenvalue weighted by Crippen LogP contribution is 2.37. The Morgan fingerprint density at radius 2 is 1.92 bits per heavy atom. The molecule has 2 aliphatic rings. The van der Waals surface area contributed by atoms with Crippen molar-refractivity contribution in [3.63, 3.8) is 0 Å². The first kappa shape index (κ1) is 18.8. The van der Waals surface area contributed by atoms with Crippen molar-refractivity contribution in [1.29, 1.82) is 0 Å². The third-order valence-electron chi connectivity index (χ3n) is 4.15. The highest BCUT2D eigenvalue weighted by molar-refractivity contribution is 5.97. The number of hydroxylamine groups is 1. The van der Waals surface area contributed by atoms with E-state index in [0.717, 1.165) is 0 Å². The average Bonchev–Trinajstić information content (AvgIpc) is 2.65. The van der Waals surface area contributed by atoms with Gasteiger partial charge in [0.2, 0.25) is 0 Å². The van der Waals surface area contributed by atoms with E-state index in [2.05, 4.69) is 0 Å². The van der Waals surface area contributed by atoms with Crippen LogP contribution in [0.2, 0.25) is 0 Å². The predicted octanol–water partition coefficient (Wildman–Crippen LogP) is -2.05. The number of amides is 1. The van der Waals surface area contributed by atoms with E-state index in [9.17, 15) is 30.4 Å². The number of carbonyl (C=O) groups excluding carboxylic acids is 1. The van der Waals surface area contributed by atoms with Crippen LogP contribution in [-0.2, 0) is 14.3 Å². The molecule has 0 bridgehead atoms. The molecular formula is C15H19NO10. The smallest absolute Gasteiger partial charge is 0.320 e. The summed E-state index contributed by atoms with van der Waals surface area (Å²) in [5.41, 5.74) is 0.0597. The number of fused-ring (bicyclic) bond motifs is 1. The molecule has 0 aromatic heterocycles. The van der Waals surface area contributed by atoms with Crippen LogP contribution in [-0.4, -0.2) is 82.3 Å². The molecule has 0 spiro atoms. The van der Waals surface area contributed by atoms with E-state index in [1.165, 1.54) is 25.3 Å². The Labute approximate surface area is 147 Å². The van der Waals surface area contributed by atoms with Gasteiger partial charge in [-0.25, -0.2) is 0 Å². The summed E-state index contributed by atoms with van der Waals surface area (Å²) < 4.78 is 20.8. The number of nitrogens with zero attached hydrogens (tertiary/aromatic N) is 1. The van der Waals surface area contributed by atoms with Gasteiger partial charge in [-0.3, -0.25) is 10.0 Å². The molecule has 144 valence electrons. The number of methoxy groups -OCH3 is 1. The Bertz CT molecular complexity index is 668. The monoisotopic (exact) mass is 373 g/mol. The zero-order valence-corrected chi connectivity index (χ0v) is 13.6. The van der Waals surface area contributed by atoms with E-state index in [4.69, 9.17) is 18.9 Å². The number of aliphatic hydroxyl groups is 4. The lowest BCUT2D eigenvalue weighted by Gasteiger charge is -2.41. The van der Waals surface area contributed by atoms with Crippen molar-refractivity contribution in [1.82, 2.24) is 0 Å². The lowest BCUT2D eigenvalue weighted by molar-refractivity contribution is -0.323. The Balaban J connectivity index is 1.80. The molecule has 26 heavy (non-hydrogen) atoms. The Morgan fingerprint density at radius 3 is 2.58 bits per heavy atom. The van der Waals surface area contributed by atoms with E-state index in [0.29, 0.717) is 10.8 Å². The standard InChI is InChI=1S/C15H19NO10/c1-23-6-2-3-7-8(4-6)24-15(13(21)16(7)22)26-14-12(20)11(19)10(18)9(5-17)25-14/h2-4,9-12,14-15,17-20,22H,5H2,1H3/t9-,10-,11+,12-,14+,15+/m1/s1. The van der Waals surface area contributed by atoms with Crippen LogP contribution < -0.4 is 14.5 Å². The van der Waals surface area contributed by atoms with Gasteiger partial charge in [0.15, 0.2) is 12.0 Å². The number of hydrogen-bond acceptors (Lipinski definition) is 10. The molecule has 11 heteroatoms. The average molecular weight is 373 g/mol. The summed E-state index contributed by atoms with van der Waals surface area (Å²) >= 11 is 0. The van der Waals surface area contributed by atoms with Crippen molar-refractivity contribution in [3.05, 3.63) is 18.2 Å². The summed E-state index contributed by atoms with van der Waals surface area (Å²) in [5, 5.41) is 49.0. The third-order valence-corrected chi connectivity index (χ3v) is 4.15. The number of ether oxygens (including phenoxy) is 4. The maximum atomic E-state index is 12.2. The minimum absolute atomic E-state index is 0.0597. The van der Waals surface area contributed by atoms with Gasteiger partial charge >= 0.3 is 5.91 Å². The number of anilines is 1. The first-order chi connectivity index (χ1) is 12.4. The van der Waals surface area contributed by atoms with Gasteiger partial charge in [-0.2, -0.15) is 5.06 Å². The lowest BCUT2D eigenvalue weighted by atomic mass is 9.99. The lowest BCUT2D eigenvalue weighted by Crippen LogP contribution is -2.61. The van der Waals surface area contributed by atoms with Gasteiger partial charge in [0.1, 0.15) is 35.9 Å². The summed E-state index contributed by atoms with van der Waals surface area (Å²) in [6.07, 6.45) is -9.49. The molecule has 11 nitrogen and oxygen atoms in total. The van der Waals surface area contributed by atoms with Crippen LogP contribution in [0.25, 0.3) is 0 Å². The van der Waals surface area contributed by atoms with Gasteiger partial charge in [-0.05, 0) is 12.1 Å². The number of carbonyl (C=O) groups is 1. The number of benzene rings is 1. The predicted molar refractivity (Wildman–Crippen MR) is 81.5 cm³/mol. The zero-order chi connectivity index (χ0) is 19.0. The quantitative estimate of drug-likeness (QED) is 0.372. The molecule has 2 aliphatic heterocycles. The third kappa shape index (κ3) is 3.21. The molecule has 1 amide bonds. The topological polar surface area (TPSA) is 158 Å². The van der Waals surface area contributed by atoms with E-state index in [-0.39, 0.29) is 11.4 Å². The SMILES string of the molecule is COc1ccc2c(c1)O[C@@H](O[C@@H]1O[C@H](CO)[C@@H](O)[C@H](O)[C@H]1O)C(=O)N2O. The van der Waals surface area contributed by atoms with Crippen LogP contribution in [0.15, 0.2) is 18.2 Å². The second kappa shape index (κ2) is 7.32. The molecule has 6 atom stereocenters. The summed E-state index contributed by atoms with van der Waals surface area (Å²) in [7, 11) is 1.42. The molecule has 0 aliphatic carbocycles. The Morgan fingerprint density at radius 1 is 1.19 bits per heavy atom. The maximum absolute atomic E-state index is 12.2. The maximum Gasteiger partial charge on any atom is 0.320 e. The minimum atomic E-state index is -1.72. The van der Waals surface area contributed by atoms with Crippen LogP contribution in [0.4, 0.5) is 5.69 Å². The van der Waals surface area contributed by atoms with E-state index < -0.39 is 49.5 Å². The zero-order valence-electron chi connectivity index (χ0n) is 13.6. The fourth-order valence-corrected chi connectivity index (χ4v) is 2.66. The van der Waals surface area contributed by atoms with E-state index >= 15 is 0 Å². The molecule has 1 aromatic carbocycles. The van der Waals surface area contributed by atoms with Gasteiger partial charge in [-0.15, -0.1) is 0 Å². The van der Waals surface area contributed by atoms with Crippen molar-refractivity contribution in [3.8, 4) is 11.5 Å². The van der Waals surface area contributed by atoms with Crippen molar-refractivity contribution in [2.24, 2.45) is 0 Å². The molecule has 1 aromatic rings. The van der Waals surface area contributed by atoms with Crippen molar-refractivity contribution >= 4 is 11.6 Å². The van der Waals surface area contributed by atoms with E-state index in [1.54, 1.807) is 0 Å². The van der Waals surface area contributed by atoms with Crippen molar-refractivity contribution in [2.75, 3.05) is 18.8 Å². The minimum Gasteiger partial charge on any atom is -0.497 e. The van der Waals surface area contributed by atoms with E-state index in [1.807, 2.05) is 0 Å². The number of hydrogen-bond donors (Lipinski definition) is 5. The summed E-state index contributed by atoms with van der Waals surface area (Å²) in [4.78, 5) is 12.2. The second-order valence-electron chi connectivity index (χ2n) is 5.77. The molecule has 5 N–H and O–H groups in total. The highest BCUT2D eigenvalue weighted by Gasteiger charge is 2.47. The molecule has 0 saturated carbocycles.